The summed E-state index contributed by atoms with van der Waals surface area (Å²) in [5.41, 5.74) is 0. The highest BCUT2D eigenvalue weighted by molar-refractivity contribution is 5.67. The minimum Gasteiger partial charge on any atom is -0.447 e. The molecule has 0 bridgehead atoms. The van der Waals surface area contributed by atoms with E-state index >= 15 is 0 Å². The number of hydrogen-bond donors (Lipinski definition) is 2. The van der Waals surface area contributed by atoms with Gasteiger partial charge in [-0.15, -0.1) is 0 Å². The second kappa shape index (κ2) is 19.8. The van der Waals surface area contributed by atoms with E-state index < -0.39 is 12.2 Å². The van der Waals surface area contributed by atoms with Crippen molar-refractivity contribution in [3.05, 3.63) is 0 Å². The van der Waals surface area contributed by atoms with Crippen molar-refractivity contribution in [2.45, 2.75) is 52.4 Å². The molecule has 2 N–H and O–H groups in total. The fraction of sp³-hybridized carbons (Fsp3) is 0.889. The molecule has 0 saturated carbocycles. The van der Waals surface area contributed by atoms with Gasteiger partial charge in [-0.3, -0.25) is 0 Å². The Kier molecular flexibility index (Phi) is 18.6. The predicted molar refractivity (Wildman–Crippen MR) is 99.4 cm³/mol. The Balaban J connectivity index is 3.28. The number of amides is 2. The molecular formula is C18H36N2O6. The average Bonchev–Trinajstić information content (AvgIpc) is 2.63. The van der Waals surface area contributed by atoms with E-state index in [1.165, 1.54) is 0 Å². The summed E-state index contributed by atoms with van der Waals surface area (Å²) >= 11 is 0. The standard InChI is InChI=1S/C18H36N2O6/c1-3-5-11-23-13-15-25-17(21)19-9-7-8-10-20-18(22)26-16-14-24-12-6-4-2/h3-16H2,1-2H3,(H,19,21)(H,20,22). The van der Waals surface area contributed by atoms with Gasteiger partial charge in [-0.05, 0) is 25.7 Å². The van der Waals surface area contributed by atoms with Crippen molar-refractivity contribution in [2.75, 3.05) is 52.7 Å². The Bertz CT molecular complexity index is 310. The van der Waals surface area contributed by atoms with Crippen molar-refractivity contribution in [1.82, 2.24) is 10.6 Å². The van der Waals surface area contributed by atoms with Crippen molar-refractivity contribution in [2.24, 2.45) is 0 Å². The first kappa shape index (κ1) is 24.5. The monoisotopic (exact) mass is 376 g/mol. The molecular weight excluding hydrogens is 340 g/mol. The summed E-state index contributed by atoms with van der Waals surface area (Å²) in [5, 5.41) is 5.31. The van der Waals surface area contributed by atoms with Crippen LogP contribution in [0.25, 0.3) is 0 Å². The summed E-state index contributed by atoms with van der Waals surface area (Å²) in [7, 11) is 0. The molecule has 0 aromatic carbocycles. The van der Waals surface area contributed by atoms with E-state index in [1.54, 1.807) is 0 Å². The molecule has 0 atom stereocenters. The molecule has 0 aliphatic heterocycles. The third-order valence-corrected chi connectivity index (χ3v) is 3.35. The Morgan fingerprint density at radius 3 is 1.42 bits per heavy atom. The lowest BCUT2D eigenvalue weighted by molar-refractivity contribution is 0.0710. The van der Waals surface area contributed by atoms with Crippen molar-refractivity contribution in [3.8, 4) is 0 Å². The molecule has 0 fully saturated rings. The van der Waals surface area contributed by atoms with Gasteiger partial charge in [0.2, 0.25) is 0 Å². The highest BCUT2D eigenvalue weighted by Crippen LogP contribution is 1.90. The maximum absolute atomic E-state index is 11.4. The van der Waals surface area contributed by atoms with Crippen LogP contribution in [0.3, 0.4) is 0 Å². The highest BCUT2D eigenvalue weighted by atomic mass is 16.6. The number of nitrogens with one attached hydrogen (secondary N) is 2. The van der Waals surface area contributed by atoms with Crippen molar-refractivity contribution in [1.29, 1.82) is 0 Å². The van der Waals surface area contributed by atoms with E-state index in [2.05, 4.69) is 24.5 Å². The number of rotatable bonds is 17. The van der Waals surface area contributed by atoms with E-state index in [0.717, 1.165) is 38.5 Å². The number of unbranched alkanes of at least 4 members (excludes halogenated alkanes) is 3. The molecule has 154 valence electrons. The van der Waals surface area contributed by atoms with Crippen LogP contribution >= 0.6 is 0 Å². The summed E-state index contributed by atoms with van der Waals surface area (Å²) in [6.07, 6.45) is 4.79. The van der Waals surface area contributed by atoms with Gasteiger partial charge in [0.25, 0.3) is 0 Å². The second-order valence-corrected chi connectivity index (χ2v) is 5.76. The van der Waals surface area contributed by atoms with Crippen LogP contribution in [0.4, 0.5) is 9.59 Å². The Hall–Kier alpha value is -1.54. The fourth-order valence-corrected chi connectivity index (χ4v) is 1.82. The summed E-state index contributed by atoms with van der Waals surface area (Å²) in [5.74, 6) is 0. The Morgan fingerprint density at radius 2 is 1.04 bits per heavy atom. The van der Waals surface area contributed by atoms with Gasteiger partial charge in [0.1, 0.15) is 13.2 Å². The number of carbonyl (C=O) groups excluding carboxylic acids is 2. The zero-order valence-corrected chi connectivity index (χ0v) is 16.3. The molecule has 0 aromatic heterocycles. The van der Waals surface area contributed by atoms with Crippen LogP contribution in [-0.4, -0.2) is 64.9 Å². The van der Waals surface area contributed by atoms with E-state index in [0.29, 0.717) is 39.5 Å². The van der Waals surface area contributed by atoms with Crippen LogP contribution in [0.2, 0.25) is 0 Å². The lowest BCUT2D eigenvalue weighted by atomic mass is 10.3. The predicted octanol–water partition coefficient (Wildman–Crippen LogP) is 2.85. The normalized spacial score (nSPS) is 10.4. The van der Waals surface area contributed by atoms with Crippen LogP contribution in [0.15, 0.2) is 0 Å². The minimum absolute atomic E-state index is 0.255. The smallest absolute Gasteiger partial charge is 0.407 e. The summed E-state index contributed by atoms with van der Waals surface area (Å²) in [4.78, 5) is 22.8. The topological polar surface area (TPSA) is 95.1 Å². The molecule has 0 rings (SSSR count). The van der Waals surface area contributed by atoms with Gasteiger partial charge in [0.15, 0.2) is 0 Å². The first-order valence-corrected chi connectivity index (χ1v) is 9.67. The van der Waals surface area contributed by atoms with Crippen LogP contribution in [0, 0.1) is 0 Å². The van der Waals surface area contributed by atoms with Gasteiger partial charge in [-0.25, -0.2) is 9.59 Å². The summed E-state index contributed by atoms with van der Waals surface area (Å²) in [6, 6.07) is 0. The first-order chi connectivity index (χ1) is 12.7. The SMILES string of the molecule is CCCCOCCOC(=O)NCCCCNC(=O)OCCOCCCC. The summed E-state index contributed by atoms with van der Waals surface area (Å²) in [6.45, 7) is 7.93. The van der Waals surface area contributed by atoms with Gasteiger partial charge >= 0.3 is 12.2 Å². The fourth-order valence-electron chi connectivity index (χ4n) is 1.82. The molecule has 0 aliphatic carbocycles. The maximum Gasteiger partial charge on any atom is 0.407 e. The molecule has 0 aromatic rings. The van der Waals surface area contributed by atoms with E-state index in [1.807, 2.05) is 0 Å². The van der Waals surface area contributed by atoms with Crippen molar-refractivity contribution >= 4 is 12.2 Å². The molecule has 26 heavy (non-hydrogen) atoms. The van der Waals surface area contributed by atoms with Crippen LogP contribution in [0.1, 0.15) is 52.4 Å². The van der Waals surface area contributed by atoms with Crippen molar-refractivity contribution in [3.63, 3.8) is 0 Å². The summed E-state index contributed by atoms with van der Waals surface area (Å²) < 4.78 is 20.5. The zero-order valence-electron chi connectivity index (χ0n) is 16.3. The second-order valence-electron chi connectivity index (χ2n) is 5.76. The number of hydrogen-bond acceptors (Lipinski definition) is 6. The average molecular weight is 376 g/mol. The molecule has 0 aliphatic rings. The molecule has 0 unspecified atom stereocenters. The maximum atomic E-state index is 11.4. The van der Waals surface area contributed by atoms with E-state index in [-0.39, 0.29) is 13.2 Å². The van der Waals surface area contributed by atoms with Crippen LogP contribution in [0.5, 0.6) is 0 Å². The van der Waals surface area contributed by atoms with Gasteiger partial charge in [-0.1, -0.05) is 26.7 Å². The van der Waals surface area contributed by atoms with Gasteiger partial charge in [0, 0.05) is 26.3 Å². The van der Waals surface area contributed by atoms with Crippen LogP contribution < -0.4 is 10.6 Å². The largest absolute Gasteiger partial charge is 0.447 e. The van der Waals surface area contributed by atoms with Gasteiger partial charge in [0.05, 0.1) is 13.2 Å². The third kappa shape index (κ3) is 18.8. The highest BCUT2D eigenvalue weighted by Gasteiger charge is 2.02. The van der Waals surface area contributed by atoms with Crippen molar-refractivity contribution < 1.29 is 28.5 Å². The molecule has 0 spiro atoms. The molecule has 8 heteroatoms. The molecule has 0 radical (unpaired) electrons. The zero-order chi connectivity index (χ0) is 19.3. The number of alkyl carbamates (subject to hydrolysis) is 2. The minimum atomic E-state index is -0.445. The Morgan fingerprint density at radius 1 is 0.615 bits per heavy atom. The molecule has 2 amide bonds. The van der Waals surface area contributed by atoms with Gasteiger partial charge in [-0.2, -0.15) is 0 Å². The first-order valence-electron chi connectivity index (χ1n) is 9.67. The van der Waals surface area contributed by atoms with E-state index in [4.69, 9.17) is 18.9 Å². The number of ether oxygens (including phenoxy) is 4. The van der Waals surface area contributed by atoms with E-state index in [9.17, 15) is 9.59 Å². The van der Waals surface area contributed by atoms with Gasteiger partial charge < -0.3 is 29.6 Å². The lowest BCUT2D eigenvalue weighted by Gasteiger charge is -2.09. The molecule has 0 saturated heterocycles. The Labute approximate surface area is 157 Å². The lowest BCUT2D eigenvalue weighted by Crippen LogP contribution is -2.29. The quantitative estimate of drug-likeness (QED) is 0.379. The molecule has 0 heterocycles. The number of carbonyl (C=O) groups is 2. The third-order valence-electron chi connectivity index (χ3n) is 3.35. The molecule has 8 nitrogen and oxygen atoms in total. The van der Waals surface area contributed by atoms with Crippen LogP contribution in [-0.2, 0) is 18.9 Å².